The molecule has 0 radical (unpaired) electrons. The van der Waals surface area contributed by atoms with Crippen molar-refractivity contribution >= 4 is 17.4 Å². The van der Waals surface area contributed by atoms with Gasteiger partial charge in [0.1, 0.15) is 5.82 Å². The molecule has 0 N–H and O–H groups in total. The minimum absolute atomic E-state index is 0.495. The highest BCUT2D eigenvalue weighted by molar-refractivity contribution is 6.18. The Morgan fingerprint density at radius 2 is 1.88 bits per heavy atom. The minimum atomic E-state index is 0.495. The van der Waals surface area contributed by atoms with Gasteiger partial charge in [0, 0.05) is 30.9 Å². The van der Waals surface area contributed by atoms with Gasteiger partial charge in [-0.2, -0.15) is 0 Å². The molecule has 1 heterocycles. The van der Waals surface area contributed by atoms with Crippen LogP contribution in [0.1, 0.15) is 32.4 Å². The summed E-state index contributed by atoms with van der Waals surface area (Å²) in [5.41, 5.74) is 0.972. The van der Waals surface area contributed by atoms with Crippen LogP contribution in [0.4, 0.5) is 5.82 Å². The van der Waals surface area contributed by atoms with Crippen molar-refractivity contribution < 1.29 is 0 Å². The monoisotopic (exact) mass is 241 g/mol. The van der Waals surface area contributed by atoms with E-state index in [0.29, 0.717) is 11.9 Å². The van der Waals surface area contributed by atoms with Crippen molar-refractivity contribution in [2.45, 2.75) is 39.7 Å². The lowest BCUT2D eigenvalue weighted by atomic mass is 10.1. The first-order valence-corrected chi connectivity index (χ1v) is 6.38. The molecule has 0 unspecified atom stereocenters. The van der Waals surface area contributed by atoms with Crippen molar-refractivity contribution in [3.63, 3.8) is 0 Å². The van der Waals surface area contributed by atoms with Gasteiger partial charge in [0.2, 0.25) is 0 Å². The third-order valence-corrected chi connectivity index (χ3v) is 3.01. The average molecular weight is 242 g/mol. The summed E-state index contributed by atoms with van der Waals surface area (Å²) in [6.45, 7) is 7.21. The van der Waals surface area contributed by atoms with Gasteiger partial charge in [0.25, 0.3) is 0 Å². The van der Waals surface area contributed by atoms with Crippen LogP contribution in [0.25, 0.3) is 0 Å². The van der Waals surface area contributed by atoms with Gasteiger partial charge in [-0.05, 0) is 19.8 Å². The number of nitrogens with zero attached hydrogens (tertiary/aromatic N) is 3. The van der Waals surface area contributed by atoms with Crippen LogP contribution in [-0.2, 0) is 0 Å². The molecule has 0 bridgehead atoms. The van der Waals surface area contributed by atoms with Crippen molar-refractivity contribution in [3.05, 3.63) is 18.1 Å². The molecule has 90 valence electrons. The van der Waals surface area contributed by atoms with E-state index < -0.39 is 0 Å². The van der Waals surface area contributed by atoms with E-state index >= 15 is 0 Å². The summed E-state index contributed by atoms with van der Waals surface area (Å²) in [5, 5.41) is 0. The van der Waals surface area contributed by atoms with Crippen molar-refractivity contribution in [1.29, 1.82) is 0 Å². The molecule has 1 aromatic rings. The van der Waals surface area contributed by atoms with E-state index in [0.717, 1.165) is 30.9 Å². The maximum Gasteiger partial charge on any atom is 0.150 e. The third-order valence-electron chi connectivity index (χ3n) is 2.84. The van der Waals surface area contributed by atoms with E-state index in [9.17, 15) is 0 Å². The first kappa shape index (κ1) is 13.2. The largest absolute Gasteiger partial charge is 0.351 e. The lowest BCUT2D eigenvalue weighted by Crippen LogP contribution is -2.37. The molecule has 0 aliphatic rings. The van der Waals surface area contributed by atoms with Crippen molar-refractivity contribution in [3.8, 4) is 0 Å². The second-order valence-corrected chi connectivity index (χ2v) is 4.20. The number of rotatable bonds is 6. The number of aryl methyl sites for hydroxylation is 1. The summed E-state index contributed by atoms with van der Waals surface area (Å²) in [4.78, 5) is 11.0. The smallest absolute Gasteiger partial charge is 0.150 e. The van der Waals surface area contributed by atoms with Crippen molar-refractivity contribution in [1.82, 2.24) is 9.97 Å². The zero-order chi connectivity index (χ0) is 12.0. The molecule has 0 atom stereocenters. The first-order chi connectivity index (χ1) is 7.74. The highest BCUT2D eigenvalue weighted by Gasteiger charge is 2.18. The maximum atomic E-state index is 5.87. The fraction of sp³-hybridized carbons (Fsp3) is 0.667. The Kier molecular flexibility index (Phi) is 5.53. The van der Waals surface area contributed by atoms with Crippen LogP contribution >= 0.6 is 11.6 Å². The van der Waals surface area contributed by atoms with Crippen molar-refractivity contribution in [2.24, 2.45) is 0 Å². The van der Waals surface area contributed by atoms with Gasteiger partial charge in [0.15, 0.2) is 0 Å². The van der Waals surface area contributed by atoms with Crippen LogP contribution in [0.2, 0.25) is 0 Å². The lowest BCUT2D eigenvalue weighted by molar-refractivity contribution is 0.560. The topological polar surface area (TPSA) is 29.0 Å². The van der Waals surface area contributed by atoms with E-state index in [1.807, 2.05) is 6.92 Å². The third kappa shape index (κ3) is 3.08. The number of hydrogen-bond donors (Lipinski definition) is 0. The van der Waals surface area contributed by atoms with Gasteiger partial charge in [-0.3, -0.25) is 4.98 Å². The Morgan fingerprint density at radius 1 is 1.25 bits per heavy atom. The molecule has 0 fully saturated rings. The first-order valence-electron chi connectivity index (χ1n) is 5.84. The molecule has 4 heteroatoms. The molecule has 0 saturated heterocycles. The van der Waals surface area contributed by atoms with Gasteiger partial charge in [0.05, 0.1) is 5.69 Å². The average Bonchev–Trinajstić information content (AvgIpc) is 2.30. The fourth-order valence-electron chi connectivity index (χ4n) is 1.96. The SMILES string of the molecule is CCC(CC)N(CCCl)c1nccnc1C. The van der Waals surface area contributed by atoms with Crippen LogP contribution < -0.4 is 4.90 Å². The molecule has 1 rings (SSSR count). The Balaban J connectivity index is 2.97. The second kappa shape index (κ2) is 6.69. The molecule has 0 aliphatic carbocycles. The van der Waals surface area contributed by atoms with Gasteiger partial charge in [-0.25, -0.2) is 4.98 Å². The molecule has 0 aromatic carbocycles. The van der Waals surface area contributed by atoms with E-state index in [-0.39, 0.29) is 0 Å². The summed E-state index contributed by atoms with van der Waals surface area (Å²) in [6.07, 6.45) is 5.67. The van der Waals surface area contributed by atoms with Gasteiger partial charge >= 0.3 is 0 Å². The van der Waals surface area contributed by atoms with Gasteiger partial charge < -0.3 is 4.90 Å². The summed E-state index contributed by atoms with van der Waals surface area (Å²) in [7, 11) is 0. The second-order valence-electron chi connectivity index (χ2n) is 3.82. The minimum Gasteiger partial charge on any atom is -0.351 e. The van der Waals surface area contributed by atoms with E-state index in [1.165, 1.54) is 0 Å². The van der Waals surface area contributed by atoms with Crippen LogP contribution in [0.15, 0.2) is 12.4 Å². The molecule has 0 spiro atoms. The molecule has 0 aliphatic heterocycles. The Bertz CT molecular complexity index is 313. The van der Waals surface area contributed by atoms with Crippen LogP contribution in [0.5, 0.6) is 0 Å². The van der Waals surface area contributed by atoms with Crippen LogP contribution in [-0.4, -0.2) is 28.4 Å². The summed E-state index contributed by atoms with van der Waals surface area (Å²) >= 11 is 5.87. The molecule has 3 nitrogen and oxygen atoms in total. The summed E-state index contributed by atoms with van der Waals surface area (Å²) in [6, 6.07) is 0.495. The standard InChI is InChI=1S/C12H20ClN3/c1-4-11(5-2)16(9-6-13)12-10(3)14-7-8-15-12/h7-8,11H,4-6,9H2,1-3H3. The highest BCUT2D eigenvalue weighted by atomic mass is 35.5. The molecule has 16 heavy (non-hydrogen) atoms. The summed E-state index contributed by atoms with van der Waals surface area (Å²) < 4.78 is 0. The van der Waals surface area contributed by atoms with Gasteiger partial charge in [-0.1, -0.05) is 13.8 Å². The zero-order valence-corrected chi connectivity index (χ0v) is 11.0. The number of anilines is 1. The Labute approximate surface area is 103 Å². The van der Waals surface area contributed by atoms with Crippen LogP contribution in [0.3, 0.4) is 0 Å². The number of hydrogen-bond acceptors (Lipinski definition) is 3. The molecule has 0 saturated carbocycles. The fourth-order valence-corrected chi connectivity index (χ4v) is 2.15. The zero-order valence-electron chi connectivity index (χ0n) is 10.3. The lowest BCUT2D eigenvalue weighted by Gasteiger charge is -2.31. The van der Waals surface area contributed by atoms with Crippen LogP contribution in [0, 0.1) is 6.92 Å². The van der Waals surface area contributed by atoms with Gasteiger partial charge in [-0.15, -0.1) is 11.6 Å². The normalized spacial score (nSPS) is 10.8. The highest BCUT2D eigenvalue weighted by Crippen LogP contribution is 2.20. The molecule has 0 amide bonds. The Morgan fingerprint density at radius 3 is 2.38 bits per heavy atom. The number of alkyl halides is 1. The molecular weight excluding hydrogens is 222 g/mol. The predicted molar refractivity (Wildman–Crippen MR) is 69.2 cm³/mol. The van der Waals surface area contributed by atoms with E-state index in [1.54, 1.807) is 12.4 Å². The predicted octanol–water partition coefficient (Wildman–Crippen LogP) is 3.02. The summed E-state index contributed by atoms with van der Waals surface area (Å²) in [5.74, 6) is 1.59. The molecular formula is C12H20ClN3. The Hall–Kier alpha value is -0.830. The number of aromatic nitrogens is 2. The van der Waals surface area contributed by atoms with Crippen molar-refractivity contribution in [2.75, 3.05) is 17.3 Å². The molecule has 1 aromatic heterocycles. The van der Waals surface area contributed by atoms with E-state index in [4.69, 9.17) is 11.6 Å². The van der Waals surface area contributed by atoms with E-state index in [2.05, 4.69) is 28.7 Å². The number of halogens is 1. The maximum absolute atomic E-state index is 5.87. The quantitative estimate of drug-likeness (QED) is 0.717.